The number of hydrogen-bond acceptors (Lipinski definition) is 3. The third-order valence-electron chi connectivity index (χ3n) is 3.38. The van der Waals surface area contributed by atoms with Crippen molar-refractivity contribution in [2.75, 3.05) is 20.2 Å². The van der Waals surface area contributed by atoms with Crippen LogP contribution < -0.4 is 0 Å². The first-order valence-electron chi connectivity index (χ1n) is 6.49. The highest BCUT2D eigenvalue weighted by molar-refractivity contribution is 5.70. The van der Waals surface area contributed by atoms with Crippen LogP contribution in [0.4, 0.5) is 4.79 Å². The maximum absolute atomic E-state index is 12.1. The minimum absolute atomic E-state index is 0.114. The van der Waals surface area contributed by atoms with Crippen LogP contribution in [0, 0.1) is 0 Å². The van der Waals surface area contributed by atoms with Crippen molar-refractivity contribution < 1.29 is 14.3 Å². The molecule has 0 aromatic heterocycles. The topological polar surface area (TPSA) is 38.8 Å². The zero-order valence-corrected chi connectivity index (χ0v) is 12.2. The Hall–Kier alpha value is -1.55. The van der Waals surface area contributed by atoms with Crippen LogP contribution in [0.2, 0.25) is 0 Å². The second-order valence-electron chi connectivity index (χ2n) is 4.65. The van der Waals surface area contributed by atoms with E-state index in [1.165, 1.54) is 0 Å². The molecule has 1 saturated heterocycles. The number of carbonyl (C=O) groups excluding carboxylic acids is 1. The van der Waals surface area contributed by atoms with E-state index in [2.05, 4.69) is 6.58 Å². The third-order valence-corrected chi connectivity index (χ3v) is 3.38. The molecule has 4 nitrogen and oxygen atoms in total. The number of likely N-dealkylation sites (tertiary alicyclic amines) is 1. The Morgan fingerprint density at radius 3 is 2.58 bits per heavy atom. The van der Waals surface area contributed by atoms with Crippen LogP contribution in [0.3, 0.4) is 0 Å². The lowest BCUT2D eigenvalue weighted by atomic mass is 10.1. The molecule has 1 amide bonds. The van der Waals surface area contributed by atoms with E-state index in [9.17, 15) is 4.79 Å². The average Bonchev–Trinajstić information content (AvgIpc) is 2.91. The van der Waals surface area contributed by atoms with Crippen LogP contribution in [0.15, 0.2) is 35.6 Å². The van der Waals surface area contributed by atoms with E-state index in [1.807, 2.05) is 26.8 Å². The lowest BCUT2D eigenvalue weighted by molar-refractivity contribution is 0.0993. The zero-order chi connectivity index (χ0) is 14.4. The Morgan fingerprint density at radius 1 is 1.42 bits per heavy atom. The first kappa shape index (κ1) is 15.5. The predicted octanol–water partition coefficient (Wildman–Crippen LogP) is 3.27. The van der Waals surface area contributed by atoms with Crippen LogP contribution in [0.5, 0.6) is 0 Å². The molecule has 0 aliphatic carbocycles. The quantitative estimate of drug-likeness (QED) is 0.578. The molecule has 1 rings (SSSR count). The van der Waals surface area contributed by atoms with Crippen molar-refractivity contribution in [2.45, 2.75) is 33.3 Å². The number of amides is 1. The lowest BCUT2D eigenvalue weighted by Crippen LogP contribution is -2.30. The van der Waals surface area contributed by atoms with Crippen molar-refractivity contribution in [3.63, 3.8) is 0 Å². The van der Waals surface area contributed by atoms with E-state index in [0.29, 0.717) is 18.8 Å². The van der Waals surface area contributed by atoms with Gasteiger partial charge in [0, 0.05) is 13.7 Å². The van der Waals surface area contributed by atoms with Gasteiger partial charge in [-0.3, -0.25) is 0 Å². The van der Waals surface area contributed by atoms with Gasteiger partial charge in [-0.1, -0.05) is 18.7 Å². The van der Waals surface area contributed by atoms with Gasteiger partial charge in [-0.2, -0.15) is 0 Å². The number of rotatable bonds is 4. The summed E-state index contributed by atoms with van der Waals surface area (Å²) in [7, 11) is 1.66. The Bertz CT molecular complexity index is 410. The summed E-state index contributed by atoms with van der Waals surface area (Å²) in [5.74, 6) is 0.586. The third kappa shape index (κ3) is 3.96. The number of allylic oxidation sites excluding steroid dienone is 4. The van der Waals surface area contributed by atoms with Crippen molar-refractivity contribution >= 4 is 6.09 Å². The second kappa shape index (κ2) is 7.14. The number of hydrogen-bond donors (Lipinski definition) is 0. The highest BCUT2D eigenvalue weighted by atomic mass is 16.6. The molecule has 1 aliphatic rings. The highest BCUT2D eigenvalue weighted by Crippen LogP contribution is 2.20. The average molecular weight is 265 g/mol. The maximum atomic E-state index is 12.1. The molecule has 1 atom stereocenters. The summed E-state index contributed by atoms with van der Waals surface area (Å²) < 4.78 is 10.7. The molecule has 19 heavy (non-hydrogen) atoms. The zero-order valence-electron chi connectivity index (χ0n) is 12.2. The van der Waals surface area contributed by atoms with E-state index in [4.69, 9.17) is 9.47 Å². The smallest absolute Gasteiger partial charge is 0.410 e. The fourth-order valence-corrected chi connectivity index (χ4v) is 1.93. The van der Waals surface area contributed by atoms with Crippen molar-refractivity contribution in [3.05, 3.63) is 35.6 Å². The van der Waals surface area contributed by atoms with E-state index in [0.717, 1.165) is 17.6 Å². The Balaban J connectivity index is 2.76. The Kier molecular flexibility index (Phi) is 5.83. The van der Waals surface area contributed by atoms with Crippen molar-refractivity contribution in [3.8, 4) is 0 Å². The summed E-state index contributed by atoms with van der Waals surface area (Å²) in [5, 5.41) is 0. The van der Waals surface area contributed by atoms with Gasteiger partial charge in [-0.25, -0.2) is 4.79 Å². The van der Waals surface area contributed by atoms with Crippen molar-refractivity contribution in [1.82, 2.24) is 4.90 Å². The SMILES string of the molecule is C=C/C(C)=C(OC(=O)N1CCC(OC)C1)\C(C)=C/C. The molecule has 0 saturated carbocycles. The van der Waals surface area contributed by atoms with Crippen molar-refractivity contribution in [1.29, 1.82) is 0 Å². The van der Waals surface area contributed by atoms with Gasteiger partial charge in [0.05, 0.1) is 12.6 Å². The van der Waals surface area contributed by atoms with Crippen LogP contribution in [-0.4, -0.2) is 37.3 Å². The fourth-order valence-electron chi connectivity index (χ4n) is 1.93. The minimum atomic E-state index is -0.322. The molecule has 106 valence electrons. The van der Waals surface area contributed by atoms with Gasteiger partial charge in [-0.05, 0) is 38.3 Å². The molecule has 0 bridgehead atoms. The molecule has 0 aromatic carbocycles. The second-order valence-corrected chi connectivity index (χ2v) is 4.65. The number of carbonyl (C=O) groups is 1. The molecular formula is C15H23NO3. The summed E-state index contributed by atoms with van der Waals surface area (Å²) in [6.45, 7) is 10.7. The molecular weight excluding hydrogens is 242 g/mol. The molecule has 1 aliphatic heterocycles. The summed E-state index contributed by atoms with van der Waals surface area (Å²) in [4.78, 5) is 13.8. The number of ether oxygens (including phenoxy) is 2. The van der Waals surface area contributed by atoms with E-state index < -0.39 is 0 Å². The Labute approximate surface area is 115 Å². The molecule has 1 fully saturated rings. The summed E-state index contributed by atoms with van der Waals surface area (Å²) in [6.07, 6.45) is 4.25. The maximum Gasteiger partial charge on any atom is 0.415 e. The molecule has 1 heterocycles. The number of methoxy groups -OCH3 is 1. The normalized spacial score (nSPS) is 21.2. The monoisotopic (exact) mass is 265 g/mol. The van der Waals surface area contributed by atoms with E-state index in [-0.39, 0.29) is 12.2 Å². The fraction of sp³-hybridized carbons (Fsp3) is 0.533. The van der Waals surface area contributed by atoms with Gasteiger partial charge in [-0.15, -0.1) is 0 Å². The lowest BCUT2D eigenvalue weighted by Gasteiger charge is -2.18. The standard InChI is InChI=1S/C15H23NO3/c1-6-11(3)14(12(4)7-2)19-15(17)16-9-8-13(10-16)18-5/h6-7,13H,1,8-10H2,2-5H3/b12-7-,14-11+. The molecule has 1 unspecified atom stereocenters. The van der Waals surface area contributed by atoms with Crippen molar-refractivity contribution in [2.24, 2.45) is 0 Å². The molecule has 0 radical (unpaired) electrons. The largest absolute Gasteiger partial charge is 0.415 e. The number of nitrogens with zero attached hydrogens (tertiary/aromatic N) is 1. The first-order valence-corrected chi connectivity index (χ1v) is 6.49. The van der Waals surface area contributed by atoms with Gasteiger partial charge in [0.25, 0.3) is 0 Å². The predicted molar refractivity (Wildman–Crippen MR) is 75.8 cm³/mol. The molecule has 4 heteroatoms. The molecule has 0 N–H and O–H groups in total. The van der Waals surface area contributed by atoms with Crippen LogP contribution >= 0.6 is 0 Å². The van der Waals surface area contributed by atoms with E-state index >= 15 is 0 Å². The summed E-state index contributed by atoms with van der Waals surface area (Å²) >= 11 is 0. The first-order chi connectivity index (χ1) is 9.03. The van der Waals surface area contributed by atoms with Gasteiger partial charge in [0.2, 0.25) is 0 Å². The minimum Gasteiger partial charge on any atom is -0.410 e. The van der Waals surface area contributed by atoms with Gasteiger partial charge in [0.1, 0.15) is 5.76 Å². The Morgan fingerprint density at radius 2 is 2.11 bits per heavy atom. The summed E-state index contributed by atoms with van der Waals surface area (Å²) in [6, 6.07) is 0. The van der Waals surface area contributed by atoms with E-state index in [1.54, 1.807) is 18.1 Å². The summed E-state index contributed by atoms with van der Waals surface area (Å²) in [5.41, 5.74) is 1.78. The van der Waals surface area contributed by atoms with Crippen LogP contribution in [-0.2, 0) is 9.47 Å². The highest BCUT2D eigenvalue weighted by Gasteiger charge is 2.28. The molecule has 0 aromatic rings. The van der Waals surface area contributed by atoms with Gasteiger partial charge < -0.3 is 14.4 Å². The van der Waals surface area contributed by atoms with Gasteiger partial charge >= 0.3 is 6.09 Å². The van der Waals surface area contributed by atoms with Gasteiger partial charge in [0.15, 0.2) is 0 Å². The molecule has 0 spiro atoms. The van der Waals surface area contributed by atoms with Crippen LogP contribution in [0.1, 0.15) is 27.2 Å². The van der Waals surface area contributed by atoms with Crippen LogP contribution in [0.25, 0.3) is 0 Å².